The lowest BCUT2D eigenvalue weighted by Gasteiger charge is -2.19. The number of aromatic nitrogens is 1. The van der Waals surface area contributed by atoms with Crippen molar-refractivity contribution < 1.29 is 19.0 Å². The fourth-order valence-corrected chi connectivity index (χ4v) is 4.19. The third kappa shape index (κ3) is 4.99. The molecule has 0 spiro atoms. The van der Waals surface area contributed by atoms with Crippen molar-refractivity contribution in [3.05, 3.63) is 83.9 Å². The van der Waals surface area contributed by atoms with Gasteiger partial charge in [0.05, 0.1) is 24.4 Å². The van der Waals surface area contributed by atoms with E-state index in [9.17, 15) is 4.79 Å². The molecule has 0 aliphatic carbocycles. The number of benzene rings is 3. The number of aryl methyl sites for hydroxylation is 1. The van der Waals surface area contributed by atoms with Crippen LogP contribution in [-0.2, 0) is 4.79 Å². The molecule has 6 nitrogen and oxygen atoms in total. The Morgan fingerprint density at radius 3 is 2.33 bits per heavy atom. The Morgan fingerprint density at radius 2 is 1.70 bits per heavy atom. The molecular formula is C26H24N2O4S. The Labute approximate surface area is 196 Å². The zero-order valence-electron chi connectivity index (χ0n) is 18.6. The van der Waals surface area contributed by atoms with E-state index in [0.717, 1.165) is 21.4 Å². The Balaban J connectivity index is 1.62. The summed E-state index contributed by atoms with van der Waals surface area (Å²) in [7, 11) is 3.16. The van der Waals surface area contributed by atoms with Gasteiger partial charge in [0.15, 0.2) is 16.6 Å². The number of carbonyl (C=O) groups is 1. The molecule has 0 saturated heterocycles. The minimum atomic E-state index is -0.851. The average Bonchev–Trinajstić information content (AvgIpc) is 3.23. The summed E-state index contributed by atoms with van der Waals surface area (Å²) in [4.78, 5) is 17.9. The van der Waals surface area contributed by atoms with Crippen molar-refractivity contribution in [2.75, 3.05) is 19.5 Å². The summed E-state index contributed by atoms with van der Waals surface area (Å²) in [6, 6.07) is 18.8. The number of anilines is 1. The fraction of sp³-hybridized carbons (Fsp3) is 0.154. The van der Waals surface area contributed by atoms with Crippen LogP contribution in [-0.4, -0.2) is 25.1 Å². The van der Waals surface area contributed by atoms with Crippen molar-refractivity contribution in [1.82, 2.24) is 4.98 Å². The predicted molar refractivity (Wildman–Crippen MR) is 132 cm³/mol. The summed E-state index contributed by atoms with van der Waals surface area (Å²) in [6.07, 6.45) is 0.904. The first-order valence-corrected chi connectivity index (χ1v) is 11.1. The van der Waals surface area contributed by atoms with E-state index in [1.165, 1.54) is 11.3 Å². The molecule has 1 unspecified atom stereocenters. The molecule has 33 heavy (non-hydrogen) atoms. The van der Waals surface area contributed by atoms with Crippen LogP contribution >= 0.6 is 11.3 Å². The molecule has 4 aromatic rings. The summed E-state index contributed by atoms with van der Waals surface area (Å²) < 4.78 is 17.7. The number of carbonyl (C=O) groups excluding carboxylic acids is 1. The monoisotopic (exact) mass is 460 g/mol. The third-order valence-corrected chi connectivity index (χ3v) is 6.05. The molecule has 0 aliphatic heterocycles. The highest BCUT2D eigenvalue weighted by molar-refractivity contribution is 7.22. The highest BCUT2D eigenvalue weighted by Gasteiger charge is 2.24. The number of nitrogens with zero attached hydrogens (tertiary/aromatic N) is 1. The Kier molecular flexibility index (Phi) is 6.60. The highest BCUT2D eigenvalue weighted by atomic mass is 32.1. The van der Waals surface area contributed by atoms with Crippen molar-refractivity contribution in [3.63, 3.8) is 0 Å². The smallest absolute Gasteiger partial charge is 0.271 e. The van der Waals surface area contributed by atoms with Crippen molar-refractivity contribution in [3.8, 4) is 17.2 Å². The lowest BCUT2D eigenvalue weighted by Crippen LogP contribution is -2.25. The van der Waals surface area contributed by atoms with Crippen LogP contribution in [0.15, 0.2) is 67.2 Å². The molecule has 1 heterocycles. The van der Waals surface area contributed by atoms with E-state index in [1.807, 2.05) is 61.5 Å². The van der Waals surface area contributed by atoms with Gasteiger partial charge in [-0.1, -0.05) is 66.0 Å². The standard InChI is InChI=1S/C26H24N2O4S/c1-5-17-8-12-19(13-9-17)32-24(18-10-6-16(2)7-11-18)25(29)28-26-27-20-14-21(30-3)22(31-4)15-23(20)33-26/h5-15,24H,1H2,2-4H3,(H,27,28,29). The van der Waals surface area contributed by atoms with Crippen molar-refractivity contribution >= 4 is 38.7 Å². The zero-order chi connectivity index (χ0) is 23.4. The van der Waals surface area contributed by atoms with Crippen LogP contribution in [0.3, 0.4) is 0 Å². The molecule has 0 fully saturated rings. The Bertz CT molecular complexity index is 1240. The Morgan fingerprint density at radius 1 is 1.03 bits per heavy atom. The van der Waals surface area contributed by atoms with Crippen LogP contribution < -0.4 is 19.5 Å². The van der Waals surface area contributed by atoms with Crippen LogP contribution in [0.25, 0.3) is 16.3 Å². The molecule has 1 atom stereocenters. The molecule has 1 aromatic heterocycles. The molecule has 0 saturated carbocycles. The second kappa shape index (κ2) is 9.75. The van der Waals surface area contributed by atoms with Gasteiger partial charge in [-0.15, -0.1) is 0 Å². The second-order valence-corrected chi connectivity index (χ2v) is 8.40. The van der Waals surface area contributed by atoms with Gasteiger partial charge >= 0.3 is 0 Å². The molecule has 168 valence electrons. The summed E-state index contributed by atoms with van der Waals surface area (Å²) in [5.41, 5.74) is 3.53. The molecule has 4 rings (SSSR count). The quantitative estimate of drug-likeness (QED) is 0.348. The van der Waals surface area contributed by atoms with Crippen molar-refractivity contribution in [1.29, 1.82) is 0 Å². The van der Waals surface area contributed by atoms with Gasteiger partial charge in [0.1, 0.15) is 5.75 Å². The number of ether oxygens (including phenoxy) is 3. The molecule has 0 aliphatic rings. The topological polar surface area (TPSA) is 69.7 Å². The van der Waals surface area contributed by atoms with Gasteiger partial charge in [0.25, 0.3) is 5.91 Å². The second-order valence-electron chi connectivity index (χ2n) is 7.36. The van der Waals surface area contributed by atoms with Crippen molar-refractivity contribution in [2.45, 2.75) is 13.0 Å². The minimum absolute atomic E-state index is 0.315. The first-order chi connectivity index (χ1) is 16.0. The van der Waals surface area contributed by atoms with E-state index in [4.69, 9.17) is 14.2 Å². The van der Waals surface area contributed by atoms with Gasteiger partial charge in [-0.3, -0.25) is 10.1 Å². The summed E-state index contributed by atoms with van der Waals surface area (Å²) >= 11 is 1.36. The van der Waals surface area contributed by atoms with Gasteiger partial charge in [0, 0.05) is 17.7 Å². The number of nitrogens with one attached hydrogen (secondary N) is 1. The van der Waals surface area contributed by atoms with Gasteiger partial charge in [-0.2, -0.15) is 0 Å². The number of amides is 1. The predicted octanol–water partition coefficient (Wildman–Crippen LogP) is 6.02. The van der Waals surface area contributed by atoms with E-state index >= 15 is 0 Å². The van der Waals surface area contributed by atoms with Crippen LogP contribution in [0.2, 0.25) is 0 Å². The summed E-state index contributed by atoms with van der Waals surface area (Å²) in [5, 5.41) is 3.37. The largest absolute Gasteiger partial charge is 0.493 e. The number of thiazole rings is 1. The molecule has 1 amide bonds. The third-order valence-electron chi connectivity index (χ3n) is 5.11. The van der Waals surface area contributed by atoms with E-state index in [1.54, 1.807) is 26.4 Å². The number of fused-ring (bicyclic) bond motifs is 1. The minimum Gasteiger partial charge on any atom is -0.493 e. The number of rotatable bonds is 8. The number of hydrogen-bond acceptors (Lipinski definition) is 6. The maximum atomic E-state index is 13.3. The van der Waals surface area contributed by atoms with Gasteiger partial charge < -0.3 is 14.2 Å². The molecular weight excluding hydrogens is 436 g/mol. The maximum absolute atomic E-state index is 13.3. The lowest BCUT2D eigenvalue weighted by atomic mass is 10.1. The van der Waals surface area contributed by atoms with Gasteiger partial charge in [-0.25, -0.2) is 4.98 Å². The van der Waals surface area contributed by atoms with Gasteiger partial charge in [0.2, 0.25) is 6.10 Å². The van der Waals surface area contributed by atoms with Crippen molar-refractivity contribution in [2.24, 2.45) is 0 Å². The van der Waals surface area contributed by atoms with E-state index in [2.05, 4.69) is 16.9 Å². The van der Waals surface area contributed by atoms with E-state index in [-0.39, 0.29) is 5.91 Å². The summed E-state index contributed by atoms with van der Waals surface area (Å²) in [6.45, 7) is 5.76. The molecule has 0 radical (unpaired) electrons. The van der Waals surface area contributed by atoms with E-state index < -0.39 is 6.10 Å². The number of methoxy groups -OCH3 is 2. The normalized spacial score (nSPS) is 11.6. The summed E-state index contributed by atoms with van der Waals surface area (Å²) in [5.74, 6) is 1.46. The fourth-order valence-electron chi connectivity index (χ4n) is 3.31. The number of hydrogen-bond donors (Lipinski definition) is 1. The molecule has 3 aromatic carbocycles. The van der Waals surface area contributed by atoms with Crippen LogP contribution in [0.4, 0.5) is 5.13 Å². The lowest BCUT2D eigenvalue weighted by molar-refractivity contribution is -0.123. The van der Waals surface area contributed by atoms with Gasteiger partial charge in [-0.05, 0) is 24.6 Å². The van der Waals surface area contributed by atoms with Crippen LogP contribution in [0.5, 0.6) is 17.2 Å². The van der Waals surface area contributed by atoms with E-state index in [0.29, 0.717) is 27.9 Å². The average molecular weight is 461 g/mol. The SMILES string of the molecule is C=Cc1ccc(OC(C(=O)Nc2nc3cc(OC)c(OC)cc3s2)c2ccc(C)cc2)cc1. The molecule has 7 heteroatoms. The first-order valence-electron chi connectivity index (χ1n) is 10.3. The highest BCUT2D eigenvalue weighted by Crippen LogP contribution is 2.36. The maximum Gasteiger partial charge on any atom is 0.271 e. The molecule has 1 N–H and O–H groups in total. The first kappa shape index (κ1) is 22.4. The van der Waals surface area contributed by atoms with Crippen LogP contribution in [0, 0.1) is 6.92 Å². The Hall–Kier alpha value is -3.84. The molecule has 0 bridgehead atoms. The zero-order valence-corrected chi connectivity index (χ0v) is 19.4. The van der Waals surface area contributed by atoms with Crippen LogP contribution in [0.1, 0.15) is 22.8 Å².